The van der Waals surface area contributed by atoms with Gasteiger partial charge in [0.1, 0.15) is 5.84 Å². The summed E-state index contributed by atoms with van der Waals surface area (Å²) in [6, 6.07) is 29.6. The fourth-order valence-corrected chi connectivity index (χ4v) is 7.17. The maximum atomic E-state index is 5.27. The molecule has 38 heavy (non-hydrogen) atoms. The lowest BCUT2D eigenvalue weighted by molar-refractivity contribution is 0.724. The first-order valence-corrected chi connectivity index (χ1v) is 13.5. The van der Waals surface area contributed by atoms with Crippen molar-refractivity contribution in [1.82, 2.24) is 0 Å². The standard InChI is InChI=1S/C35H25N3/c1-2-10-23-21-24(18-17-22(23)9-1)37-30-15-7-5-13-28(30)33-32(37)20-19-26-25-11-3-4-12-27(25)35-36-29-14-6-8-16-31(29)38(35)34(26)33/h1-21,28-31H. The van der Waals surface area contributed by atoms with Gasteiger partial charge >= 0.3 is 0 Å². The quantitative estimate of drug-likeness (QED) is 0.274. The van der Waals surface area contributed by atoms with Crippen LogP contribution in [0.1, 0.15) is 17.0 Å². The Hall–Kier alpha value is -4.63. The van der Waals surface area contributed by atoms with Gasteiger partial charge in [0.2, 0.25) is 0 Å². The highest BCUT2D eigenvalue weighted by Gasteiger charge is 2.47. The zero-order chi connectivity index (χ0) is 24.8. The monoisotopic (exact) mass is 487 g/mol. The summed E-state index contributed by atoms with van der Waals surface area (Å²) < 4.78 is 0. The summed E-state index contributed by atoms with van der Waals surface area (Å²) >= 11 is 0. The molecule has 0 saturated carbocycles. The van der Waals surface area contributed by atoms with Gasteiger partial charge in [0.25, 0.3) is 0 Å². The molecule has 0 bridgehead atoms. The first-order chi connectivity index (χ1) is 18.9. The fraction of sp³-hybridized carbons (Fsp3) is 0.114. The average Bonchev–Trinajstić information content (AvgIpc) is 3.53. The minimum atomic E-state index is 0.139. The Balaban J connectivity index is 1.32. The molecule has 4 unspecified atom stereocenters. The Morgan fingerprint density at radius 2 is 1.34 bits per heavy atom. The van der Waals surface area contributed by atoms with Gasteiger partial charge in [-0.3, -0.25) is 4.99 Å². The second kappa shape index (κ2) is 7.45. The topological polar surface area (TPSA) is 18.8 Å². The lowest BCUT2D eigenvalue weighted by atomic mass is 9.84. The molecule has 4 aromatic rings. The van der Waals surface area contributed by atoms with Gasteiger partial charge in [0.15, 0.2) is 0 Å². The molecule has 3 nitrogen and oxygen atoms in total. The molecular weight excluding hydrogens is 462 g/mol. The van der Waals surface area contributed by atoms with Crippen LogP contribution in [0.3, 0.4) is 0 Å². The number of allylic oxidation sites excluding steroid dienone is 4. The maximum absolute atomic E-state index is 5.27. The number of hydrogen-bond acceptors (Lipinski definition) is 3. The summed E-state index contributed by atoms with van der Waals surface area (Å²) in [5.74, 6) is 1.37. The molecule has 3 aliphatic heterocycles. The summed E-state index contributed by atoms with van der Waals surface area (Å²) in [6.07, 6.45) is 18.1. The van der Waals surface area contributed by atoms with Crippen molar-refractivity contribution in [3.63, 3.8) is 0 Å². The van der Waals surface area contributed by atoms with E-state index in [2.05, 4.69) is 137 Å². The molecule has 4 atom stereocenters. The maximum Gasteiger partial charge on any atom is 0.137 e. The first-order valence-electron chi connectivity index (χ1n) is 13.5. The van der Waals surface area contributed by atoms with Gasteiger partial charge < -0.3 is 9.80 Å². The van der Waals surface area contributed by atoms with Gasteiger partial charge in [-0.05, 0) is 34.5 Å². The molecule has 0 radical (unpaired) electrons. The fourth-order valence-electron chi connectivity index (χ4n) is 7.17. The predicted molar refractivity (Wildman–Crippen MR) is 158 cm³/mol. The summed E-state index contributed by atoms with van der Waals surface area (Å²) in [7, 11) is 0. The summed E-state index contributed by atoms with van der Waals surface area (Å²) in [5, 5.41) is 2.54. The van der Waals surface area contributed by atoms with E-state index in [9.17, 15) is 0 Å². The molecule has 5 aliphatic rings. The van der Waals surface area contributed by atoms with Crippen LogP contribution in [0.2, 0.25) is 0 Å². The molecule has 180 valence electrons. The molecule has 3 heteroatoms. The zero-order valence-electron chi connectivity index (χ0n) is 20.8. The minimum Gasteiger partial charge on any atom is -0.333 e. The number of amidine groups is 1. The van der Waals surface area contributed by atoms with Crippen LogP contribution >= 0.6 is 0 Å². The third-order valence-corrected chi connectivity index (χ3v) is 8.78. The molecule has 0 fully saturated rings. The molecular formula is C35H25N3. The van der Waals surface area contributed by atoms with E-state index in [1.54, 1.807) is 0 Å². The molecule has 3 heterocycles. The van der Waals surface area contributed by atoms with Gasteiger partial charge in [0, 0.05) is 34.0 Å². The lowest BCUT2D eigenvalue weighted by Crippen LogP contribution is -2.41. The molecule has 0 spiro atoms. The molecule has 0 N–H and O–H groups in total. The van der Waals surface area contributed by atoms with Crippen LogP contribution in [-0.2, 0) is 0 Å². The van der Waals surface area contributed by atoms with Gasteiger partial charge in [-0.1, -0.05) is 109 Å². The third kappa shape index (κ3) is 2.61. The second-order valence-corrected chi connectivity index (χ2v) is 10.7. The van der Waals surface area contributed by atoms with E-state index in [4.69, 9.17) is 4.99 Å². The van der Waals surface area contributed by atoms with Crippen molar-refractivity contribution in [3.8, 4) is 11.1 Å². The third-order valence-electron chi connectivity index (χ3n) is 8.78. The van der Waals surface area contributed by atoms with E-state index < -0.39 is 0 Å². The number of anilines is 3. The van der Waals surface area contributed by atoms with Gasteiger partial charge in [-0.2, -0.15) is 0 Å². The van der Waals surface area contributed by atoms with Crippen LogP contribution in [-0.4, -0.2) is 24.0 Å². The average molecular weight is 488 g/mol. The molecule has 0 saturated heterocycles. The van der Waals surface area contributed by atoms with Crippen molar-refractivity contribution < 1.29 is 0 Å². The SMILES string of the molecule is C1=CC2N=C3c4ccccc4-c4ccc5c(c4N3C2C=C1)C1C=CC=CC1N5c1ccc2ccccc2c1. The van der Waals surface area contributed by atoms with Gasteiger partial charge in [-0.25, -0.2) is 0 Å². The van der Waals surface area contributed by atoms with Crippen LogP contribution in [0, 0.1) is 0 Å². The Labute approximate surface area is 222 Å². The lowest BCUT2D eigenvalue weighted by Gasteiger charge is -2.37. The second-order valence-electron chi connectivity index (χ2n) is 10.7. The number of fused-ring (bicyclic) bond motifs is 13. The number of nitrogens with zero attached hydrogens (tertiary/aromatic N) is 3. The Kier molecular flexibility index (Phi) is 4.01. The molecule has 9 rings (SSSR count). The van der Waals surface area contributed by atoms with Crippen LogP contribution in [0.25, 0.3) is 21.9 Å². The van der Waals surface area contributed by atoms with Crippen molar-refractivity contribution >= 4 is 33.7 Å². The van der Waals surface area contributed by atoms with Crippen molar-refractivity contribution in [2.24, 2.45) is 4.99 Å². The highest BCUT2D eigenvalue weighted by molar-refractivity contribution is 6.22. The number of rotatable bonds is 1. The van der Waals surface area contributed by atoms with E-state index in [1.165, 1.54) is 50.1 Å². The Morgan fingerprint density at radius 3 is 2.26 bits per heavy atom. The number of benzene rings is 4. The zero-order valence-corrected chi connectivity index (χ0v) is 20.8. The van der Waals surface area contributed by atoms with E-state index in [1.807, 2.05) is 0 Å². The van der Waals surface area contributed by atoms with Crippen molar-refractivity contribution in [2.75, 3.05) is 9.80 Å². The van der Waals surface area contributed by atoms with Gasteiger partial charge in [-0.15, -0.1) is 0 Å². The smallest absolute Gasteiger partial charge is 0.137 e. The first kappa shape index (κ1) is 20.4. The summed E-state index contributed by atoms with van der Waals surface area (Å²) in [4.78, 5) is 10.4. The largest absolute Gasteiger partial charge is 0.333 e. The number of hydrogen-bond donors (Lipinski definition) is 0. The van der Waals surface area contributed by atoms with Crippen molar-refractivity contribution in [1.29, 1.82) is 0 Å². The highest BCUT2D eigenvalue weighted by Crippen LogP contribution is 2.57. The van der Waals surface area contributed by atoms with E-state index >= 15 is 0 Å². The van der Waals surface area contributed by atoms with Crippen LogP contribution in [0.5, 0.6) is 0 Å². The van der Waals surface area contributed by atoms with Crippen LogP contribution in [0.15, 0.2) is 132 Å². The molecule has 4 aromatic carbocycles. The molecule has 0 amide bonds. The Bertz CT molecular complexity index is 1820. The molecule has 0 aromatic heterocycles. The van der Waals surface area contributed by atoms with E-state index in [0.717, 1.165) is 5.84 Å². The predicted octanol–water partition coefficient (Wildman–Crippen LogP) is 7.68. The van der Waals surface area contributed by atoms with Crippen LogP contribution < -0.4 is 9.80 Å². The Morgan fingerprint density at radius 1 is 0.579 bits per heavy atom. The van der Waals surface area contributed by atoms with Crippen molar-refractivity contribution in [3.05, 3.63) is 139 Å². The summed E-state index contributed by atoms with van der Waals surface area (Å²) in [6.45, 7) is 0. The van der Waals surface area contributed by atoms with E-state index in [-0.39, 0.29) is 24.0 Å². The highest BCUT2D eigenvalue weighted by atomic mass is 15.3. The normalized spacial score (nSPS) is 25.0. The van der Waals surface area contributed by atoms with Gasteiger partial charge in [0.05, 0.1) is 23.8 Å². The summed E-state index contributed by atoms with van der Waals surface area (Å²) in [5.41, 5.74) is 9.09. The van der Waals surface area contributed by atoms with Crippen molar-refractivity contribution in [2.45, 2.75) is 24.0 Å². The number of aliphatic imine (C=N–C) groups is 1. The minimum absolute atomic E-state index is 0.139. The van der Waals surface area contributed by atoms with Crippen LogP contribution in [0.4, 0.5) is 17.1 Å². The van der Waals surface area contributed by atoms with E-state index in [0.29, 0.717) is 0 Å². The molecule has 2 aliphatic carbocycles.